The molecular formula is C25H30ClN5O4SSi. The molecule has 0 aliphatic heterocycles. The molecule has 196 valence electrons. The van der Waals surface area contributed by atoms with E-state index in [-0.39, 0.29) is 35.9 Å². The Kier molecular flexibility index (Phi) is 8.33. The smallest absolute Gasteiger partial charge is 0.230 e. The van der Waals surface area contributed by atoms with Crippen LogP contribution in [0, 0.1) is 11.3 Å². The second-order valence-electron chi connectivity index (χ2n) is 10.2. The van der Waals surface area contributed by atoms with Crippen LogP contribution < -0.4 is 10.1 Å². The molecule has 0 bridgehead atoms. The molecule has 1 aliphatic rings. The largest absolute Gasteiger partial charge is 0.504 e. The SMILES string of the molecule is COc1cc(Cl)c(-c2nc(SCC(=O)NC3CC3)nc3c2c(C#N)cn3COCC[Si](C)(C)C)cc1O. The fraction of sp³-hybridized carbons (Fsp3) is 0.440. The molecular weight excluding hydrogens is 530 g/mol. The van der Waals surface area contributed by atoms with Gasteiger partial charge in [0, 0.05) is 38.5 Å². The van der Waals surface area contributed by atoms with Gasteiger partial charge in [0.25, 0.3) is 0 Å². The summed E-state index contributed by atoms with van der Waals surface area (Å²) in [4.78, 5) is 21.7. The predicted octanol–water partition coefficient (Wildman–Crippen LogP) is 5.02. The van der Waals surface area contributed by atoms with Crippen molar-refractivity contribution < 1.29 is 19.4 Å². The standard InChI is InChI=1S/C25H30ClN5O4SSi/c1-34-20-10-18(26)17(9-19(20)32)23-22-15(11-27)12-31(14-35-7-8-37(2,3)4)24(22)30-25(29-23)36-13-21(33)28-16-5-6-16/h9-10,12,16,32H,5-8,13-14H2,1-4H3,(H,28,33). The normalized spacial score (nSPS) is 13.5. The van der Waals surface area contributed by atoms with Gasteiger partial charge in [0.1, 0.15) is 18.4 Å². The predicted molar refractivity (Wildman–Crippen MR) is 147 cm³/mol. The molecule has 1 fully saturated rings. The first kappa shape index (κ1) is 27.3. The number of fused-ring (bicyclic) bond motifs is 1. The van der Waals surface area contributed by atoms with Crippen molar-refractivity contribution in [3.05, 3.63) is 28.9 Å². The lowest BCUT2D eigenvalue weighted by Gasteiger charge is -2.16. The Labute approximate surface area is 226 Å². The maximum Gasteiger partial charge on any atom is 0.230 e. The maximum absolute atomic E-state index is 12.3. The lowest BCUT2D eigenvalue weighted by Crippen LogP contribution is -2.27. The Bertz CT molecular complexity index is 1360. The number of carbonyl (C=O) groups is 1. The highest BCUT2D eigenvalue weighted by atomic mass is 35.5. The average molecular weight is 560 g/mol. The number of nitrogens with one attached hydrogen (secondary N) is 1. The Morgan fingerprint density at radius 3 is 2.76 bits per heavy atom. The van der Waals surface area contributed by atoms with Gasteiger partial charge in [-0.1, -0.05) is 43.0 Å². The number of aromatic hydroxyl groups is 1. The molecule has 37 heavy (non-hydrogen) atoms. The van der Waals surface area contributed by atoms with Crippen molar-refractivity contribution in [3.8, 4) is 28.8 Å². The quantitative estimate of drug-likeness (QED) is 0.145. The summed E-state index contributed by atoms with van der Waals surface area (Å²) in [7, 11) is 0.173. The molecule has 0 saturated heterocycles. The third kappa shape index (κ3) is 6.76. The first-order valence-electron chi connectivity index (χ1n) is 12.0. The zero-order valence-corrected chi connectivity index (χ0v) is 23.9. The number of carbonyl (C=O) groups excluding carboxylic acids is 1. The van der Waals surface area contributed by atoms with Crippen LogP contribution in [0.25, 0.3) is 22.3 Å². The highest BCUT2D eigenvalue weighted by Crippen LogP contribution is 2.41. The van der Waals surface area contributed by atoms with E-state index in [2.05, 4.69) is 36.0 Å². The first-order chi connectivity index (χ1) is 17.6. The van der Waals surface area contributed by atoms with Crippen molar-refractivity contribution in [2.45, 2.75) is 56.5 Å². The Morgan fingerprint density at radius 2 is 2.11 bits per heavy atom. The molecule has 3 aromatic rings. The number of ether oxygens (including phenoxy) is 2. The lowest BCUT2D eigenvalue weighted by molar-refractivity contribution is -0.118. The zero-order chi connectivity index (χ0) is 26.7. The lowest BCUT2D eigenvalue weighted by atomic mass is 10.1. The van der Waals surface area contributed by atoms with Gasteiger partial charge < -0.3 is 24.5 Å². The molecule has 0 spiro atoms. The van der Waals surface area contributed by atoms with Crippen molar-refractivity contribution >= 4 is 48.4 Å². The van der Waals surface area contributed by atoms with E-state index in [1.54, 1.807) is 10.8 Å². The van der Waals surface area contributed by atoms with Crippen LogP contribution in [0.5, 0.6) is 11.5 Å². The molecule has 2 aromatic heterocycles. The molecule has 0 atom stereocenters. The van der Waals surface area contributed by atoms with Crippen LogP contribution in [-0.4, -0.2) is 59.1 Å². The van der Waals surface area contributed by atoms with E-state index in [1.807, 2.05) is 0 Å². The van der Waals surface area contributed by atoms with E-state index in [1.165, 1.54) is 31.0 Å². The van der Waals surface area contributed by atoms with Crippen LogP contribution in [0.15, 0.2) is 23.5 Å². The fourth-order valence-electron chi connectivity index (χ4n) is 3.67. The van der Waals surface area contributed by atoms with E-state index >= 15 is 0 Å². The van der Waals surface area contributed by atoms with Crippen molar-refractivity contribution in [2.75, 3.05) is 19.5 Å². The highest BCUT2D eigenvalue weighted by Gasteiger charge is 2.25. The molecule has 12 heteroatoms. The van der Waals surface area contributed by atoms with Gasteiger partial charge in [0.2, 0.25) is 5.91 Å². The minimum atomic E-state index is -1.26. The summed E-state index contributed by atoms with van der Waals surface area (Å²) in [6.07, 6.45) is 3.69. The molecule has 9 nitrogen and oxygen atoms in total. The molecule has 4 rings (SSSR count). The van der Waals surface area contributed by atoms with Gasteiger partial charge >= 0.3 is 0 Å². The number of phenols is 1. The van der Waals surface area contributed by atoms with Gasteiger partial charge in [-0.2, -0.15) is 5.26 Å². The van der Waals surface area contributed by atoms with E-state index in [0.717, 1.165) is 18.9 Å². The van der Waals surface area contributed by atoms with Gasteiger partial charge in [-0.15, -0.1) is 0 Å². The Hall–Kier alpha value is -2.78. The van der Waals surface area contributed by atoms with Crippen molar-refractivity contribution in [1.82, 2.24) is 19.9 Å². The van der Waals surface area contributed by atoms with Crippen LogP contribution in [-0.2, 0) is 16.3 Å². The van der Waals surface area contributed by atoms with Crippen LogP contribution >= 0.6 is 23.4 Å². The van der Waals surface area contributed by atoms with Crippen molar-refractivity contribution in [2.24, 2.45) is 0 Å². The number of nitrogens with zero attached hydrogens (tertiary/aromatic N) is 4. The molecule has 2 heterocycles. The van der Waals surface area contributed by atoms with E-state index < -0.39 is 8.07 Å². The fourth-order valence-corrected chi connectivity index (χ4v) is 5.32. The minimum Gasteiger partial charge on any atom is -0.504 e. The van der Waals surface area contributed by atoms with Gasteiger partial charge in [0.15, 0.2) is 16.7 Å². The summed E-state index contributed by atoms with van der Waals surface area (Å²) in [5, 5.41) is 24.5. The van der Waals surface area contributed by atoms with Gasteiger partial charge in [0.05, 0.1) is 34.5 Å². The van der Waals surface area contributed by atoms with Crippen molar-refractivity contribution in [3.63, 3.8) is 0 Å². The third-order valence-electron chi connectivity index (χ3n) is 5.84. The number of methoxy groups -OCH3 is 1. The monoisotopic (exact) mass is 559 g/mol. The average Bonchev–Trinajstić information content (AvgIpc) is 3.59. The second kappa shape index (κ2) is 11.3. The summed E-state index contributed by atoms with van der Waals surface area (Å²) >= 11 is 7.77. The number of hydrogen-bond acceptors (Lipinski definition) is 8. The number of benzene rings is 1. The number of rotatable bonds is 11. The van der Waals surface area contributed by atoms with Crippen molar-refractivity contribution in [1.29, 1.82) is 5.26 Å². The number of aromatic nitrogens is 3. The molecule has 1 aromatic carbocycles. The summed E-state index contributed by atoms with van der Waals surface area (Å²) in [5.41, 5.74) is 1.65. The second-order valence-corrected chi connectivity index (χ2v) is 17.1. The third-order valence-corrected chi connectivity index (χ3v) is 8.71. The topological polar surface area (TPSA) is 122 Å². The molecule has 2 N–H and O–H groups in total. The van der Waals surface area contributed by atoms with E-state index in [0.29, 0.717) is 44.6 Å². The van der Waals surface area contributed by atoms with Gasteiger partial charge in [-0.05, 0) is 25.0 Å². The number of halogens is 1. The number of nitriles is 1. The Morgan fingerprint density at radius 1 is 1.35 bits per heavy atom. The van der Waals surface area contributed by atoms with Crippen LogP contribution in [0.1, 0.15) is 18.4 Å². The number of amides is 1. The van der Waals surface area contributed by atoms with E-state index in [4.69, 9.17) is 26.1 Å². The number of phenolic OH excluding ortho intramolecular Hbond substituents is 1. The zero-order valence-electron chi connectivity index (χ0n) is 21.3. The van der Waals surface area contributed by atoms with Crippen LogP contribution in [0.3, 0.4) is 0 Å². The highest BCUT2D eigenvalue weighted by molar-refractivity contribution is 7.99. The molecule has 0 unspecified atom stereocenters. The minimum absolute atomic E-state index is 0.0827. The number of hydrogen-bond donors (Lipinski definition) is 2. The van der Waals surface area contributed by atoms with Crippen LogP contribution in [0.4, 0.5) is 0 Å². The summed E-state index contributed by atoms with van der Waals surface area (Å²) in [6, 6.07) is 6.45. The van der Waals surface area contributed by atoms with E-state index in [9.17, 15) is 15.2 Å². The molecule has 1 amide bonds. The maximum atomic E-state index is 12.3. The molecule has 1 aliphatic carbocycles. The molecule has 0 radical (unpaired) electrons. The summed E-state index contributed by atoms with van der Waals surface area (Å²) < 4.78 is 12.9. The molecule has 1 saturated carbocycles. The van der Waals surface area contributed by atoms with Gasteiger partial charge in [-0.25, -0.2) is 9.97 Å². The first-order valence-corrected chi connectivity index (χ1v) is 17.0. The van der Waals surface area contributed by atoms with Gasteiger partial charge in [-0.3, -0.25) is 4.79 Å². The summed E-state index contributed by atoms with van der Waals surface area (Å²) in [5.74, 6) is 0.181. The summed E-state index contributed by atoms with van der Waals surface area (Å²) in [6.45, 7) is 7.67. The Balaban J connectivity index is 1.76. The number of thioether (sulfide) groups is 1. The van der Waals surface area contributed by atoms with Crippen LogP contribution in [0.2, 0.25) is 30.7 Å².